The molecular weight excluding hydrogens is 318 g/mol. The Morgan fingerprint density at radius 3 is 2.86 bits per heavy atom. The summed E-state index contributed by atoms with van der Waals surface area (Å²) in [6, 6.07) is 11.2. The minimum Gasteiger partial charge on any atom is -0.463 e. The first-order valence-electron chi connectivity index (χ1n) is 6.71. The van der Waals surface area contributed by atoms with Crippen LogP contribution in [0.3, 0.4) is 0 Å². The molecule has 0 spiro atoms. The van der Waals surface area contributed by atoms with Gasteiger partial charge in [0, 0.05) is 5.02 Å². The summed E-state index contributed by atoms with van der Waals surface area (Å²) in [6.07, 6.45) is 1.48. The third-order valence-electron chi connectivity index (χ3n) is 3.58. The number of aromatic nitrogens is 1. The van der Waals surface area contributed by atoms with E-state index in [1.165, 1.54) is 17.6 Å². The maximum absolute atomic E-state index is 12.7. The molecule has 0 unspecified atom stereocenters. The Kier molecular flexibility index (Phi) is 3.03. The van der Waals surface area contributed by atoms with E-state index in [4.69, 9.17) is 16.0 Å². The minimum absolute atomic E-state index is 0.109. The number of para-hydroxylation sites is 1. The fourth-order valence-electron chi connectivity index (χ4n) is 2.39. The van der Waals surface area contributed by atoms with Gasteiger partial charge in [-0.15, -0.1) is 11.3 Å². The third kappa shape index (κ3) is 2.03. The predicted octanol–water partition coefficient (Wildman–Crippen LogP) is 5.03. The lowest BCUT2D eigenvalue weighted by Gasteiger charge is -2.02. The van der Waals surface area contributed by atoms with Crippen molar-refractivity contribution in [1.82, 2.24) is 4.98 Å². The number of benzene rings is 2. The van der Waals surface area contributed by atoms with Gasteiger partial charge in [-0.3, -0.25) is 4.79 Å². The molecule has 2 aromatic carbocycles. The number of aryl methyl sites for hydroxylation is 1. The Labute approximate surface area is 134 Å². The van der Waals surface area contributed by atoms with Gasteiger partial charge in [0.2, 0.25) is 5.43 Å². The number of hydrogen-bond donors (Lipinski definition) is 0. The minimum atomic E-state index is -0.109. The van der Waals surface area contributed by atoms with Crippen LogP contribution >= 0.6 is 22.9 Å². The van der Waals surface area contributed by atoms with Crippen molar-refractivity contribution in [3.05, 3.63) is 63.5 Å². The third-order valence-corrected chi connectivity index (χ3v) is 5.06. The molecule has 0 atom stereocenters. The lowest BCUT2D eigenvalue weighted by molar-refractivity contribution is 0.604. The summed E-state index contributed by atoms with van der Waals surface area (Å²) in [6.45, 7) is 1.88. The molecule has 2 aromatic heterocycles. The molecule has 2 heterocycles. The van der Waals surface area contributed by atoms with Crippen molar-refractivity contribution in [3.8, 4) is 10.6 Å². The van der Waals surface area contributed by atoms with Crippen molar-refractivity contribution in [3.63, 3.8) is 0 Å². The van der Waals surface area contributed by atoms with Gasteiger partial charge in [0.15, 0.2) is 0 Å². The molecule has 0 fully saturated rings. The van der Waals surface area contributed by atoms with E-state index in [2.05, 4.69) is 4.98 Å². The molecule has 3 nitrogen and oxygen atoms in total. The quantitative estimate of drug-likeness (QED) is 0.492. The summed E-state index contributed by atoms with van der Waals surface area (Å²) in [5, 5.41) is 1.70. The van der Waals surface area contributed by atoms with E-state index in [-0.39, 0.29) is 5.43 Å². The van der Waals surface area contributed by atoms with Crippen LogP contribution < -0.4 is 5.43 Å². The molecule has 0 saturated heterocycles. The van der Waals surface area contributed by atoms with Crippen LogP contribution in [0.5, 0.6) is 0 Å². The van der Waals surface area contributed by atoms with E-state index in [0.29, 0.717) is 26.6 Å². The molecule has 0 aliphatic heterocycles. The van der Waals surface area contributed by atoms with Gasteiger partial charge in [0.1, 0.15) is 16.9 Å². The Morgan fingerprint density at radius 2 is 2.05 bits per heavy atom. The Hall–Kier alpha value is -2.17. The molecule has 4 aromatic rings. The molecule has 108 valence electrons. The highest BCUT2D eigenvalue weighted by molar-refractivity contribution is 7.21. The Morgan fingerprint density at radius 1 is 1.23 bits per heavy atom. The van der Waals surface area contributed by atoms with Crippen molar-refractivity contribution >= 4 is 44.1 Å². The Bertz CT molecular complexity index is 1050. The van der Waals surface area contributed by atoms with Gasteiger partial charge in [0.05, 0.1) is 21.2 Å². The predicted molar refractivity (Wildman–Crippen MR) is 90.8 cm³/mol. The van der Waals surface area contributed by atoms with Crippen molar-refractivity contribution in [2.75, 3.05) is 0 Å². The monoisotopic (exact) mass is 327 g/mol. The van der Waals surface area contributed by atoms with Crippen LogP contribution in [0.25, 0.3) is 31.8 Å². The number of rotatable bonds is 1. The summed E-state index contributed by atoms with van der Waals surface area (Å²) in [5.74, 6) is 0. The lowest BCUT2D eigenvalue weighted by atomic mass is 10.1. The number of fused-ring (bicyclic) bond motifs is 2. The highest BCUT2D eigenvalue weighted by Crippen LogP contribution is 2.30. The number of nitrogens with zero attached hydrogens (tertiary/aromatic N) is 1. The SMILES string of the molecule is Cc1cc2occ(-c3nc4ccccc4s3)c(=O)c2cc1Cl. The van der Waals surface area contributed by atoms with Gasteiger partial charge >= 0.3 is 0 Å². The van der Waals surface area contributed by atoms with Crippen molar-refractivity contribution in [2.24, 2.45) is 0 Å². The van der Waals surface area contributed by atoms with Gasteiger partial charge in [-0.2, -0.15) is 0 Å². The average molecular weight is 328 g/mol. The maximum atomic E-state index is 12.7. The topological polar surface area (TPSA) is 43.1 Å². The van der Waals surface area contributed by atoms with Crippen molar-refractivity contribution in [2.45, 2.75) is 6.92 Å². The largest absolute Gasteiger partial charge is 0.463 e. The average Bonchev–Trinajstić information content (AvgIpc) is 2.93. The first kappa shape index (κ1) is 13.5. The summed E-state index contributed by atoms with van der Waals surface area (Å²) in [5.41, 5.74) is 2.65. The van der Waals surface area contributed by atoms with E-state index in [1.54, 1.807) is 12.1 Å². The van der Waals surface area contributed by atoms with Gasteiger partial charge < -0.3 is 4.42 Å². The summed E-state index contributed by atoms with van der Waals surface area (Å²) in [4.78, 5) is 17.2. The summed E-state index contributed by atoms with van der Waals surface area (Å²) >= 11 is 7.60. The van der Waals surface area contributed by atoms with Crippen LogP contribution in [0.15, 0.2) is 51.9 Å². The summed E-state index contributed by atoms with van der Waals surface area (Å²) < 4.78 is 6.66. The zero-order chi connectivity index (χ0) is 15.3. The molecule has 4 rings (SSSR count). The summed E-state index contributed by atoms with van der Waals surface area (Å²) in [7, 11) is 0. The number of thiazole rings is 1. The molecule has 22 heavy (non-hydrogen) atoms. The van der Waals surface area contributed by atoms with Crippen molar-refractivity contribution in [1.29, 1.82) is 0 Å². The van der Waals surface area contributed by atoms with E-state index in [9.17, 15) is 4.79 Å². The van der Waals surface area contributed by atoms with Crippen LogP contribution in [0.1, 0.15) is 5.56 Å². The van der Waals surface area contributed by atoms with E-state index in [1.807, 2.05) is 31.2 Å². The molecule has 0 N–H and O–H groups in total. The zero-order valence-electron chi connectivity index (χ0n) is 11.6. The van der Waals surface area contributed by atoms with Crippen LogP contribution in [-0.4, -0.2) is 4.98 Å². The second-order valence-electron chi connectivity index (χ2n) is 5.06. The van der Waals surface area contributed by atoms with E-state index < -0.39 is 0 Å². The molecule has 5 heteroatoms. The van der Waals surface area contributed by atoms with Crippen LogP contribution in [-0.2, 0) is 0 Å². The molecule has 0 aliphatic carbocycles. The van der Waals surface area contributed by atoms with Crippen LogP contribution in [0, 0.1) is 6.92 Å². The molecular formula is C17H10ClNO2S. The zero-order valence-corrected chi connectivity index (χ0v) is 13.2. The van der Waals surface area contributed by atoms with Crippen LogP contribution in [0.2, 0.25) is 5.02 Å². The molecule has 0 radical (unpaired) electrons. The van der Waals surface area contributed by atoms with Crippen LogP contribution in [0.4, 0.5) is 0 Å². The fraction of sp³-hybridized carbons (Fsp3) is 0.0588. The smallest absolute Gasteiger partial charge is 0.202 e. The maximum Gasteiger partial charge on any atom is 0.202 e. The highest BCUT2D eigenvalue weighted by Gasteiger charge is 2.14. The molecule has 0 saturated carbocycles. The normalized spacial score (nSPS) is 11.4. The van der Waals surface area contributed by atoms with Gasteiger partial charge in [-0.25, -0.2) is 4.98 Å². The van der Waals surface area contributed by atoms with Gasteiger partial charge in [-0.05, 0) is 36.8 Å². The highest BCUT2D eigenvalue weighted by atomic mass is 35.5. The molecule has 0 bridgehead atoms. The van der Waals surface area contributed by atoms with E-state index in [0.717, 1.165) is 15.8 Å². The molecule has 0 amide bonds. The van der Waals surface area contributed by atoms with Crippen molar-refractivity contribution < 1.29 is 4.42 Å². The second kappa shape index (κ2) is 4.93. The van der Waals surface area contributed by atoms with Gasteiger partial charge in [0.25, 0.3) is 0 Å². The first-order valence-corrected chi connectivity index (χ1v) is 7.90. The number of hydrogen-bond acceptors (Lipinski definition) is 4. The number of halogens is 1. The van der Waals surface area contributed by atoms with Gasteiger partial charge in [-0.1, -0.05) is 23.7 Å². The second-order valence-corrected chi connectivity index (χ2v) is 6.50. The first-order chi connectivity index (χ1) is 10.6. The molecule has 0 aliphatic rings. The standard InChI is InChI=1S/C17H10ClNO2S/c1-9-6-14-10(7-12(9)18)16(20)11(8-21-14)17-19-13-4-2-3-5-15(13)22-17/h2-8H,1H3. The van der Waals surface area contributed by atoms with E-state index >= 15 is 0 Å². The fourth-order valence-corrected chi connectivity index (χ4v) is 3.52. The lowest BCUT2D eigenvalue weighted by Crippen LogP contribution is -2.04. The Balaban J connectivity index is 2.00.